The lowest BCUT2D eigenvalue weighted by molar-refractivity contribution is 0.102. The SMILES string of the molecule is CCOC(=O)Oc1ccn(N2C=CN=CC2)n1. The molecule has 1 aliphatic heterocycles. The van der Waals surface area contributed by atoms with Gasteiger partial charge < -0.3 is 9.47 Å². The second-order valence-corrected chi connectivity index (χ2v) is 3.11. The third-order valence-corrected chi connectivity index (χ3v) is 1.96. The van der Waals surface area contributed by atoms with E-state index in [4.69, 9.17) is 4.74 Å². The van der Waals surface area contributed by atoms with Gasteiger partial charge in [-0.25, -0.2) is 4.79 Å². The Balaban J connectivity index is 1.98. The molecule has 0 saturated carbocycles. The number of hydrogen-bond acceptors (Lipinski definition) is 6. The Hall–Kier alpha value is -2.31. The average Bonchev–Trinajstić information content (AvgIpc) is 2.79. The molecule has 0 N–H and O–H groups in total. The molecule has 1 aliphatic rings. The first-order valence-electron chi connectivity index (χ1n) is 5.15. The number of carbonyl (C=O) groups is 1. The van der Waals surface area contributed by atoms with Gasteiger partial charge >= 0.3 is 6.16 Å². The summed E-state index contributed by atoms with van der Waals surface area (Å²) in [5.74, 6) is 0.194. The van der Waals surface area contributed by atoms with Crippen LogP contribution in [0.15, 0.2) is 29.7 Å². The van der Waals surface area contributed by atoms with Crippen LogP contribution in [-0.2, 0) is 4.74 Å². The molecule has 7 nitrogen and oxygen atoms in total. The predicted molar refractivity (Wildman–Crippen MR) is 60.6 cm³/mol. The summed E-state index contributed by atoms with van der Waals surface area (Å²) < 4.78 is 9.49. The van der Waals surface area contributed by atoms with Gasteiger partial charge in [-0.3, -0.25) is 10.0 Å². The number of carbonyl (C=O) groups excluding carboxylic acids is 1. The lowest BCUT2D eigenvalue weighted by Crippen LogP contribution is -2.32. The molecule has 0 amide bonds. The summed E-state index contributed by atoms with van der Waals surface area (Å²) in [4.78, 5) is 16.5. The van der Waals surface area contributed by atoms with E-state index in [0.29, 0.717) is 6.54 Å². The van der Waals surface area contributed by atoms with Gasteiger partial charge in [0.25, 0.3) is 0 Å². The summed E-state index contributed by atoms with van der Waals surface area (Å²) >= 11 is 0. The van der Waals surface area contributed by atoms with E-state index in [-0.39, 0.29) is 12.5 Å². The molecule has 0 saturated heterocycles. The maximum Gasteiger partial charge on any atom is 0.515 e. The van der Waals surface area contributed by atoms with Crippen molar-refractivity contribution < 1.29 is 14.3 Å². The van der Waals surface area contributed by atoms with Gasteiger partial charge in [-0.1, -0.05) is 0 Å². The smallest absolute Gasteiger partial charge is 0.434 e. The van der Waals surface area contributed by atoms with E-state index in [2.05, 4.69) is 14.8 Å². The molecule has 0 unspecified atom stereocenters. The molecule has 7 heteroatoms. The highest BCUT2D eigenvalue weighted by Gasteiger charge is 2.10. The van der Waals surface area contributed by atoms with Crippen LogP contribution >= 0.6 is 0 Å². The molecule has 2 heterocycles. The van der Waals surface area contributed by atoms with E-state index < -0.39 is 6.16 Å². The minimum absolute atomic E-state index is 0.194. The van der Waals surface area contributed by atoms with Crippen molar-refractivity contribution in [1.29, 1.82) is 0 Å². The van der Waals surface area contributed by atoms with Crippen molar-refractivity contribution >= 4 is 12.4 Å². The molecular weight excluding hydrogens is 224 g/mol. The second-order valence-electron chi connectivity index (χ2n) is 3.11. The zero-order valence-corrected chi connectivity index (χ0v) is 9.31. The summed E-state index contributed by atoms with van der Waals surface area (Å²) in [6.45, 7) is 2.58. The first kappa shape index (κ1) is 11.2. The minimum atomic E-state index is -0.756. The fourth-order valence-corrected chi connectivity index (χ4v) is 1.25. The Morgan fingerprint density at radius 1 is 1.59 bits per heavy atom. The Morgan fingerprint density at radius 3 is 3.18 bits per heavy atom. The summed E-state index contributed by atoms with van der Waals surface area (Å²) in [5.41, 5.74) is 0. The van der Waals surface area contributed by atoms with Gasteiger partial charge in [0.15, 0.2) is 0 Å². The maximum absolute atomic E-state index is 11.1. The van der Waals surface area contributed by atoms with Gasteiger partial charge in [-0.15, -0.1) is 5.10 Å². The number of ether oxygens (including phenoxy) is 2. The molecule has 1 aromatic rings. The van der Waals surface area contributed by atoms with Gasteiger partial charge in [0.1, 0.15) is 0 Å². The van der Waals surface area contributed by atoms with Crippen LogP contribution in [-0.4, -0.2) is 35.4 Å². The van der Waals surface area contributed by atoms with Crippen LogP contribution in [0, 0.1) is 0 Å². The van der Waals surface area contributed by atoms with Crippen molar-refractivity contribution in [2.75, 3.05) is 18.2 Å². The largest absolute Gasteiger partial charge is 0.515 e. The third-order valence-electron chi connectivity index (χ3n) is 1.96. The van der Waals surface area contributed by atoms with Gasteiger partial charge in [0.2, 0.25) is 5.88 Å². The summed E-state index contributed by atoms with van der Waals surface area (Å²) in [6.07, 6.45) is 6.08. The van der Waals surface area contributed by atoms with E-state index in [1.54, 1.807) is 47.6 Å². The summed E-state index contributed by atoms with van der Waals surface area (Å²) in [7, 11) is 0. The van der Waals surface area contributed by atoms with E-state index in [0.717, 1.165) is 0 Å². The lowest BCUT2D eigenvalue weighted by atomic mass is 10.6. The highest BCUT2D eigenvalue weighted by molar-refractivity contribution is 5.64. The highest BCUT2D eigenvalue weighted by Crippen LogP contribution is 2.08. The van der Waals surface area contributed by atoms with Crippen molar-refractivity contribution in [3.8, 4) is 5.88 Å². The van der Waals surface area contributed by atoms with Crippen molar-refractivity contribution in [3.05, 3.63) is 24.7 Å². The van der Waals surface area contributed by atoms with Gasteiger partial charge in [0, 0.05) is 24.7 Å². The fraction of sp³-hybridized carbons (Fsp3) is 0.300. The van der Waals surface area contributed by atoms with Crippen LogP contribution in [0.4, 0.5) is 4.79 Å². The number of aromatic nitrogens is 2. The Morgan fingerprint density at radius 2 is 2.47 bits per heavy atom. The molecule has 0 aromatic carbocycles. The third kappa shape index (κ3) is 2.83. The fourth-order valence-electron chi connectivity index (χ4n) is 1.25. The molecule has 0 fully saturated rings. The number of hydrogen-bond donors (Lipinski definition) is 0. The van der Waals surface area contributed by atoms with Crippen molar-refractivity contribution in [1.82, 2.24) is 9.89 Å². The molecular formula is C10H12N4O3. The van der Waals surface area contributed by atoms with E-state index in [1.165, 1.54) is 0 Å². The van der Waals surface area contributed by atoms with Crippen LogP contribution in [0.3, 0.4) is 0 Å². The molecule has 0 bridgehead atoms. The first-order valence-corrected chi connectivity index (χ1v) is 5.15. The standard InChI is InChI=1S/C10H12N4O3/c1-2-16-10(15)17-9-3-6-14(12-9)13-7-4-11-5-8-13/h3-7H,2,8H2,1H3. The lowest BCUT2D eigenvalue weighted by Gasteiger charge is -2.18. The Bertz CT molecular complexity index is 452. The van der Waals surface area contributed by atoms with E-state index in [9.17, 15) is 4.79 Å². The van der Waals surface area contributed by atoms with Gasteiger partial charge in [-0.2, -0.15) is 4.79 Å². The quantitative estimate of drug-likeness (QED) is 0.730. The van der Waals surface area contributed by atoms with E-state index >= 15 is 0 Å². The zero-order chi connectivity index (χ0) is 12.1. The van der Waals surface area contributed by atoms with E-state index in [1.807, 2.05) is 0 Å². The van der Waals surface area contributed by atoms with Crippen molar-refractivity contribution in [2.24, 2.45) is 4.99 Å². The Labute approximate surface area is 97.9 Å². The van der Waals surface area contributed by atoms with Crippen LogP contribution in [0.2, 0.25) is 0 Å². The zero-order valence-electron chi connectivity index (χ0n) is 9.31. The minimum Gasteiger partial charge on any atom is -0.434 e. The predicted octanol–water partition coefficient (Wildman–Crippen LogP) is 0.912. The molecule has 1 aromatic heterocycles. The average molecular weight is 236 g/mol. The topological polar surface area (TPSA) is 69.0 Å². The number of nitrogens with zero attached hydrogens (tertiary/aromatic N) is 4. The molecule has 0 spiro atoms. The van der Waals surface area contributed by atoms with Crippen LogP contribution < -0.4 is 9.75 Å². The van der Waals surface area contributed by atoms with Crippen LogP contribution in [0.5, 0.6) is 5.88 Å². The van der Waals surface area contributed by atoms with Crippen molar-refractivity contribution in [2.45, 2.75) is 6.92 Å². The monoisotopic (exact) mass is 236 g/mol. The molecule has 0 radical (unpaired) electrons. The van der Waals surface area contributed by atoms with Crippen LogP contribution in [0.25, 0.3) is 0 Å². The van der Waals surface area contributed by atoms with Gasteiger partial charge in [0.05, 0.1) is 19.3 Å². The highest BCUT2D eigenvalue weighted by atomic mass is 16.7. The molecule has 17 heavy (non-hydrogen) atoms. The first-order chi connectivity index (χ1) is 8.29. The summed E-state index contributed by atoms with van der Waals surface area (Å²) in [6, 6.07) is 1.58. The molecule has 0 aliphatic carbocycles. The van der Waals surface area contributed by atoms with Crippen molar-refractivity contribution in [3.63, 3.8) is 0 Å². The molecule has 90 valence electrons. The molecule has 2 rings (SSSR count). The second kappa shape index (κ2) is 5.15. The van der Waals surface area contributed by atoms with Gasteiger partial charge in [-0.05, 0) is 6.92 Å². The maximum atomic E-state index is 11.1. The number of aliphatic imine (C=N–C) groups is 1. The summed E-state index contributed by atoms with van der Waals surface area (Å²) in [5, 5.41) is 5.86. The number of rotatable bonds is 3. The molecule has 0 atom stereocenters. The van der Waals surface area contributed by atoms with Crippen LogP contribution in [0.1, 0.15) is 6.92 Å². The normalized spacial score (nSPS) is 13.8. The Kier molecular flexibility index (Phi) is 3.39.